The van der Waals surface area contributed by atoms with Crippen molar-refractivity contribution in [1.82, 2.24) is 15.0 Å². The molecule has 29 heavy (non-hydrogen) atoms. The van der Waals surface area contributed by atoms with Gasteiger partial charge in [0.2, 0.25) is 17.6 Å². The molecule has 0 fully saturated rings. The summed E-state index contributed by atoms with van der Waals surface area (Å²) in [4.78, 5) is 24.0. The Bertz CT molecular complexity index is 975. The number of carbonyl (C=O) groups is 1. The number of hydrogen-bond donors (Lipinski definition) is 3. The number of aliphatic hydroxyl groups excluding tert-OH is 1. The monoisotopic (exact) mass is 407 g/mol. The Balaban J connectivity index is 1.84. The lowest BCUT2D eigenvalue weighted by Gasteiger charge is -2.10. The molecular formula is C18H16F3N5O3. The van der Waals surface area contributed by atoms with Crippen LogP contribution in [0.4, 0.5) is 24.8 Å². The molecule has 3 aromatic rings. The van der Waals surface area contributed by atoms with Crippen molar-refractivity contribution in [3.63, 3.8) is 0 Å². The minimum atomic E-state index is -4.91. The summed E-state index contributed by atoms with van der Waals surface area (Å²) in [5.74, 6) is -2.74. The summed E-state index contributed by atoms with van der Waals surface area (Å²) in [6, 6.07) is 7.64. The highest BCUT2D eigenvalue weighted by molar-refractivity contribution is 6.03. The molecule has 3 N–H and O–H groups in total. The number of amides is 1. The molecule has 0 aliphatic rings. The van der Waals surface area contributed by atoms with Crippen molar-refractivity contribution >= 4 is 17.5 Å². The average molecular weight is 407 g/mol. The highest BCUT2D eigenvalue weighted by Crippen LogP contribution is 2.35. The lowest BCUT2D eigenvalue weighted by Crippen LogP contribution is -2.21. The molecule has 0 aliphatic carbocycles. The summed E-state index contributed by atoms with van der Waals surface area (Å²) >= 11 is 0. The molecule has 1 amide bonds. The molecule has 1 atom stereocenters. The minimum Gasteiger partial charge on any atom is -0.431 e. The lowest BCUT2D eigenvalue weighted by atomic mass is 10.2. The second kappa shape index (κ2) is 8.27. The van der Waals surface area contributed by atoms with Crippen molar-refractivity contribution in [1.29, 1.82) is 0 Å². The Morgan fingerprint density at radius 3 is 2.45 bits per heavy atom. The Morgan fingerprint density at radius 1 is 1.21 bits per heavy atom. The smallest absolute Gasteiger partial charge is 0.431 e. The number of aliphatic hydroxyl groups is 1. The number of alkyl halides is 3. The van der Waals surface area contributed by atoms with Crippen molar-refractivity contribution in [3.8, 4) is 11.5 Å². The molecule has 3 rings (SSSR count). The fraction of sp³-hybridized carbons (Fsp3) is 0.222. The van der Waals surface area contributed by atoms with Crippen molar-refractivity contribution < 1.29 is 27.5 Å². The van der Waals surface area contributed by atoms with Crippen LogP contribution in [0.3, 0.4) is 0 Å². The van der Waals surface area contributed by atoms with Gasteiger partial charge in [0.1, 0.15) is 0 Å². The number of benzene rings is 1. The zero-order valence-electron chi connectivity index (χ0n) is 15.1. The zero-order valence-corrected chi connectivity index (χ0v) is 15.1. The summed E-state index contributed by atoms with van der Waals surface area (Å²) in [5.41, 5.74) is -0.532. The molecule has 0 aliphatic heterocycles. The van der Waals surface area contributed by atoms with Gasteiger partial charge >= 0.3 is 6.18 Å². The number of oxazole rings is 1. The number of nitrogens with zero attached hydrogens (tertiary/aromatic N) is 3. The van der Waals surface area contributed by atoms with Gasteiger partial charge in [-0.1, -0.05) is 18.2 Å². The maximum Gasteiger partial charge on any atom is 0.452 e. The van der Waals surface area contributed by atoms with Crippen LogP contribution in [-0.2, 0) is 6.18 Å². The standard InChI is InChI=1S/C18H16F3N5O3/c1-10(9-27)24-17-22-7-12(8-23-17)25-15(28)13-14(18(19,20)21)29-16(26-13)11-5-3-2-4-6-11/h2-8,10,27H,9H2,1H3,(H,25,28)(H,22,23,24)/t10-/m0/s1. The van der Waals surface area contributed by atoms with E-state index in [0.717, 1.165) is 0 Å². The quantitative estimate of drug-likeness (QED) is 0.575. The van der Waals surface area contributed by atoms with Gasteiger partial charge in [-0.05, 0) is 19.1 Å². The summed E-state index contributed by atoms with van der Waals surface area (Å²) in [7, 11) is 0. The van der Waals surface area contributed by atoms with E-state index >= 15 is 0 Å². The Labute approximate surface area is 162 Å². The number of rotatable bonds is 6. The molecule has 0 saturated carbocycles. The van der Waals surface area contributed by atoms with Crippen molar-refractivity contribution in [3.05, 3.63) is 54.2 Å². The molecule has 2 aromatic heterocycles. The molecule has 8 nitrogen and oxygen atoms in total. The van der Waals surface area contributed by atoms with E-state index in [9.17, 15) is 18.0 Å². The van der Waals surface area contributed by atoms with Crippen LogP contribution in [0.25, 0.3) is 11.5 Å². The largest absolute Gasteiger partial charge is 0.452 e. The van der Waals surface area contributed by atoms with Crippen LogP contribution >= 0.6 is 0 Å². The van der Waals surface area contributed by atoms with E-state index in [4.69, 9.17) is 9.52 Å². The maximum absolute atomic E-state index is 13.3. The molecule has 1 aromatic carbocycles. The van der Waals surface area contributed by atoms with E-state index in [2.05, 4.69) is 25.6 Å². The predicted octanol–water partition coefficient (Wildman–Crippen LogP) is 3.20. The second-order valence-electron chi connectivity index (χ2n) is 6.04. The van der Waals surface area contributed by atoms with Gasteiger partial charge in [-0.25, -0.2) is 15.0 Å². The average Bonchev–Trinajstić information content (AvgIpc) is 3.16. The second-order valence-corrected chi connectivity index (χ2v) is 6.04. The molecule has 11 heteroatoms. The fourth-order valence-corrected chi connectivity index (χ4v) is 2.29. The highest BCUT2D eigenvalue weighted by atomic mass is 19.4. The van der Waals surface area contributed by atoms with Gasteiger partial charge in [-0.2, -0.15) is 13.2 Å². The number of aromatic nitrogens is 3. The van der Waals surface area contributed by atoms with Crippen LogP contribution in [0.15, 0.2) is 47.1 Å². The van der Waals surface area contributed by atoms with Crippen LogP contribution in [-0.4, -0.2) is 38.6 Å². The van der Waals surface area contributed by atoms with E-state index in [-0.39, 0.29) is 30.2 Å². The molecule has 0 bridgehead atoms. The third-order valence-electron chi connectivity index (χ3n) is 3.68. The number of hydrogen-bond acceptors (Lipinski definition) is 7. The Kier molecular flexibility index (Phi) is 5.78. The fourth-order valence-electron chi connectivity index (χ4n) is 2.29. The first-order valence-corrected chi connectivity index (χ1v) is 8.42. The van der Waals surface area contributed by atoms with Gasteiger partial charge in [0, 0.05) is 11.6 Å². The van der Waals surface area contributed by atoms with Crippen LogP contribution in [0.5, 0.6) is 0 Å². The number of carbonyl (C=O) groups excluding carboxylic acids is 1. The van der Waals surface area contributed by atoms with Gasteiger partial charge in [0.25, 0.3) is 5.91 Å². The molecular weight excluding hydrogens is 391 g/mol. The Hall–Kier alpha value is -3.47. The van der Waals surface area contributed by atoms with E-state index in [1.807, 2.05) is 0 Å². The molecule has 2 heterocycles. The number of halogens is 3. The molecule has 0 unspecified atom stereocenters. The van der Waals surface area contributed by atoms with Crippen molar-refractivity contribution in [2.75, 3.05) is 17.2 Å². The first kappa shape index (κ1) is 20.3. The predicted molar refractivity (Wildman–Crippen MR) is 97.1 cm³/mol. The van der Waals surface area contributed by atoms with E-state index in [1.165, 1.54) is 24.5 Å². The summed E-state index contributed by atoms with van der Waals surface area (Å²) in [6.45, 7) is 1.56. The third-order valence-corrected chi connectivity index (χ3v) is 3.68. The maximum atomic E-state index is 13.3. The number of anilines is 2. The first-order valence-electron chi connectivity index (χ1n) is 8.42. The van der Waals surface area contributed by atoms with Crippen LogP contribution in [0.2, 0.25) is 0 Å². The molecule has 152 valence electrons. The van der Waals surface area contributed by atoms with Gasteiger partial charge in [0.05, 0.1) is 24.7 Å². The topological polar surface area (TPSA) is 113 Å². The van der Waals surface area contributed by atoms with E-state index in [1.54, 1.807) is 25.1 Å². The van der Waals surface area contributed by atoms with E-state index < -0.39 is 23.5 Å². The van der Waals surface area contributed by atoms with Gasteiger partial charge in [0.15, 0.2) is 5.69 Å². The minimum absolute atomic E-state index is 0.0644. The SMILES string of the molecule is C[C@@H](CO)Nc1ncc(NC(=O)c2nc(-c3ccccc3)oc2C(F)(F)F)cn1. The van der Waals surface area contributed by atoms with Crippen LogP contribution in [0.1, 0.15) is 23.2 Å². The van der Waals surface area contributed by atoms with Crippen LogP contribution in [0, 0.1) is 0 Å². The van der Waals surface area contributed by atoms with Gasteiger partial charge in [-0.15, -0.1) is 0 Å². The number of nitrogens with one attached hydrogen (secondary N) is 2. The third kappa shape index (κ3) is 4.88. The van der Waals surface area contributed by atoms with Crippen molar-refractivity contribution in [2.45, 2.75) is 19.1 Å². The van der Waals surface area contributed by atoms with E-state index in [0.29, 0.717) is 5.56 Å². The summed E-state index contributed by atoms with van der Waals surface area (Å²) in [6.07, 6.45) is -2.48. The van der Waals surface area contributed by atoms with Gasteiger partial charge in [-0.3, -0.25) is 4.79 Å². The molecule has 0 spiro atoms. The first-order chi connectivity index (χ1) is 13.8. The van der Waals surface area contributed by atoms with Crippen LogP contribution < -0.4 is 10.6 Å². The zero-order chi connectivity index (χ0) is 21.0. The van der Waals surface area contributed by atoms with Crippen molar-refractivity contribution in [2.24, 2.45) is 0 Å². The normalized spacial score (nSPS) is 12.4. The summed E-state index contributed by atoms with van der Waals surface area (Å²) < 4.78 is 44.8. The Morgan fingerprint density at radius 2 is 1.86 bits per heavy atom. The lowest BCUT2D eigenvalue weighted by molar-refractivity contribution is -0.153. The highest BCUT2D eigenvalue weighted by Gasteiger charge is 2.42. The van der Waals surface area contributed by atoms with Gasteiger partial charge < -0.3 is 20.2 Å². The summed E-state index contributed by atoms with van der Waals surface area (Å²) in [5, 5.41) is 14.0. The molecule has 0 saturated heterocycles. The molecule has 0 radical (unpaired) electrons.